The Labute approximate surface area is 157 Å². The van der Waals surface area contributed by atoms with E-state index in [-0.39, 0.29) is 6.54 Å². The zero-order valence-electron chi connectivity index (χ0n) is 15.3. The van der Waals surface area contributed by atoms with Gasteiger partial charge in [0.25, 0.3) is 5.91 Å². The summed E-state index contributed by atoms with van der Waals surface area (Å²) in [6, 6.07) is 9.04. The van der Waals surface area contributed by atoms with E-state index in [1.165, 1.54) is 6.08 Å². The third-order valence-corrected chi connectivity index (χ3v) is 3.76. The van der Waals surface area contributed by atoms with Gasteiger partial charge in [0.15, 0.2) is 6.61 Å². The number of ether oxygens (including phenoxy) is 1. The molecule has 0 aliphatic carbocycles. The number of benzene rings is 1. The molecule has 2 N–H and O–H groups in total. The van der Waals surface area contributed by atoms with E-state index in [0.717, 1.165) is 5.56 Å². The summed E-state index contributed by atoms with van der Waals surface area (Å²) in [7, 11) is 0. The minimum absolute atomic E-state index is 0.220. The number of urea groups is 1. The predicted molar refractivity (Wildman–Crippen MR) is 99.3 cm³/mol. The van der Waals surface area contributed by atoms with Crippen molar-refractivity contribution in [3.05, 3.63) is 65.5 Å². The molecule has 8 nitrogen and oxygen atoms in total. The van der Waals surface area contributed by atoms with Crippen LogP contribution in [-0.2, 0) is 16.1 Å². The van der Waals surface area contributed by atoms with Crippen LogP contribution in [0.1, 0.15) is 27.3 Å². The van der Waals surface area contributed by atoms with Crippen LogP contribution in [0.25, 0.3) is 0 Å². The average Bonchev–Trinajstić information content (AvgIpc) is 2.92. The van der Waals surface area contributed by atoms with Gasteiger partial charge in [-0.3, -0.25) is 14.8 Å². The Kier molecular flexibility index (Phi) is 6.87. The number of carbonyl (C=O) groups excluding carboxylic acids is 3. The van der Waals surface area contributed by atoms with E-state index in [0.29, 0.717) is 23.5 Å². The van der Waals surface area contributed by atoms with Gasteiger partial charge in [0.1, 0.15) is 5.56 Å². The molecule has 0 saturated carbocycles. The normalized spacial score (nSPS) is 10.1. The van der Waals surface area contributed by atoms with Gasteiger partial charge in [0.2, 0.25) is 0 Å². The maximum atomic E-state index is 12.3. The molecule has 3 amide bonds. The van der Waals surface area contributed by atoms with Crippen molar-refractivity contribution in [2.45, 2.75) is 20.4 Å². The molecule has 8 heteroatoms. The number of nitrogens with one attached hydrogen (secondary N) is 2. The molecule has 2 rings (SSSR count). The SMILES string of the molecule is C=CCNC(=O)NC(=O)COC(=O)c1c(C)nn(Cc2ccccc2)c1C. The smallest absolute Gasteiger partial charge is 0.342 e. The molecule has 1 aromatic carbocycles. The first-order valence-corrected chi connectivity index (χ1v) is 8.36. The van der Waals surface area contributed by atoms with Crippen LogP contribution in [0.5, 0.6) is 0 Å². The van der Waals surface area contributed by atoms with Crippen molar-refractivity contribution in [1.82, 2.24) is 20.4 Å². The highest BCUT2D eigenvalue weighted by atomic mass is 16.5. The van der Waals surface area contributed by atoms with E-state index in [2.05, 4.69) is 22.3 Å². The largest absolute Gasteiger partial charge is 0.452 e. The van der Waals surface area contributed by atoms with Crippen molar-refractivity contribution in [1.29, 1.82) is 0 Å². The number of imide groups is 1. The van der Waals surface area contributed by atoms with E-state index >= 15 is 0 Å². The first-order valence-electron chi connectivity index (χ1n) is 8.36. The lowest BCUT2D eigenvalue weighted by Gasteiger charge is -2.07. The van der Waals surface area contributed by atoms with E-state index < -0.39 is 24.5 Å². The zero-order chi connectivity index (χ0) is 19.8. The molecule has 0 bridgehead atoms. The number of hydrogen-bond donors (Lipinski definition) is 2. The minimum atomic E-state index is -0.725. The van der Waals surface area contributed by atoms with Crippen LogP contribution in [0, 0.1) is 13.8 Å². The summed E-state index contributed by atoms with van der Waals surface area (Å²) in [5.41, 5.74) is 2.52. The summed E-state index contributed by atoms with van der Waals surface area (Å²) in [5, 5.41) is 8.82. The van der Waals surface area contributed by atoms with Crippen molar-refractivity contribution < 1.29 is 19.1 Å². The van der Waals surface area contributed by atoms with Crippen LogP contribution >= 0.6 is 0 Å². The predicted octanol–water partition coefficient (Wildman–Crippen LogP) is 1.72. The van der Waals surface area contributed by atoms with Gasteiger partial charge in [-0.15, -0.1) is 6.58 Å². The first-order chi connectivity index (χ1) is 12.9. The van der Waals surface area contributed by atoms with Gasteiger partial charge in [0, 0.05) is 6.54 Å². The second kappa shape index (κ2) is 9.33. The lowest BCUT2D eigenvalue weighted by Crippen LogP contribution is -2.41. The number of hydrogen-bond acceptors (Lipinski definition) is 5. The van der Waals surface area contributed by atoms with Gasteiger partial charge in [-0.05, 0) is 19.4 Å². The lowest BCUT2D eigenvalue weighted by molar-refractivity contribution is -0.123. The number of amides is 3. The number of nitrogens with zero attached hydrogens (tertiary/aromatic N) is 2. The molecule has 27 heavy (non-hydrogen) atoms. The Hall–Kier alpha value is -3.42. The third kappa shape index (κ3) is 5.53. The Morgan fingerprint density at radius 3 is 2.59 bits per heavy atom. The third-order valence-electron chi connectivity index (χ3n) is 3.76. The molecule has 142 valence electrons. The Morgan fingerprint density at radius 2 is 1.93 bits per heavy atom. The fourth-order valence-electron chi connectivity index (χ4n) is 2.48. The van der Waals surface area contributed by atoms with Gasteiger partial charge in [-0.1, -0.05) is 36.4 Å². The average molecular weight is 370 g/mol. The van der Waals surface area contributed by atoms with Crippen LogP contribution in [0.3, 0.4) is 0 Å². The summed E-state index contributed by atoms with van der Waals surface area (Å²) in [6.45, 7) is 7.09. The highest BCUT2D eigenvalue weighted by Crippen LogP contribution is 2.16. The fraction of sp³-hybridized carbons (Fsp3) is 0.263. The van der Waals surface area contributed by atoms with Crippen LogP contribution in [0.4, 0.5) is 4.79 Å². The zero-order valence-corrected chi connectivity index (χ0v) is 15.3. The quantitative estimate of drug-likeness (QED) is 0.571. The summed E-state index contributed by atoms with van der Waals surface area (Å²) >= 11 is 0. The van der Waals surface area contributed by atoms with Crippen molar-refractivity contribution in [2.24, 2.45) is 0 Å². The van der Waals surface area contributed by atoms with Crippen LogP contribution in [0.15, 0.2) is 43.0 Å². The van der Waals surface area contributed by atoms with E-state index in [1.807, 2.05) is 30.3 Å². The monoisotopic (exact) mass is 370 g/mol. The molecule has 1 heterocycles. The topological polar surface area (TPSA) is 102 Å². The second-order valence-electron chi connectivity index (χ2n) is 5.81. The molecule has 0 radical (unpaired) electrons. The molecule has 0 spiro atoms. The molecule has 0 saturated heterocycles. The standard InChI is InChI=1S/C19H22N4O4/c1-4-10-20-19(26)21-16(24)12-27-18(25)17-13(2)22-23(14(17)3)11-15-8-6-5-7-9-15/h4-9H,1,10-12H2,2-3H3,(H2,20,21,24,26). The summed E-state index contributed by atoms with van der Waals surface area (Å²) in [6.07, 6.45) is 1.47. The first kappa shape index (κ1) is 19.9. The van der Waals surface area contributed by atoms with Gasteiger partial charge >= 0.3 is 12.0 Å². The summed E-state index contributed by atoms with van der Waals surface area (Å²) in [4.78, 5) is 35.4. The number of rotatable bonds is 7. The van der Waals surface area contributed by atoms with Gasteiger partial charge in [-0.25, -0.2) is 9.59 Å². The molecule has 0 unspecified atom stereocenters. The number of aryl methyl sites for hydroxylation is 1. The fourth-order valence-corrected chi connectivity index (χ4v) is 2.48. The minimum Gasteiger partial charge on any atom is -0.452 e. The van der Waals surface area contributed by atoms with Gasteiger partial charge in [0.05, 0.1) is 17.9 Å². The molecular formula is C19H22N4O4. The molecular weight excluding hydrogens is 348 g/mol. The molecule has 0 aliphatic heterocycles. The maximum Gasteiger partial charge on any atom is 0.342 e. The van der Waals surface area contributed by atoms with Crippen LogP contribution in [0.2, 0.25) is 0 Å². The van der Waals surface area contributed by atoms with Crippen molar-refractivity contribution in [2.75, 3.05) is 13.2 Å². The van der Waals surface area contributed by atoms with Crippen molar-refractivity contribution >= 4 is 17.9 Å². The van der Waals surface area contributed by atoms with Crippen molar-refractivity contribution in [3.63, 3.8) is 0 Å². The van der Waals surface area contributed by atoms with E-state index in [4.69, 9.17) is 4.74 Å². The highest BCUT2D eigenvalue weighted by molar-refractivity contribution is 5.97. The molecule has 2 aromatic rings. The maximum absolute atomic E-state index is 12.3. The van der Waals surface area contributed by atoms with E-state index in [1.54, 1.807) is 18.5 Å². The lowest BCUT2D eigenvalue weighted by atomic mass is 10.2. The highest BCUT2D eigenvalue weighted by Gasteiger charge is 2.21. The Balaban J connectivity index is 1.97. The summed E-state index contributed by atoms with van der Waals surface area (Å²) in [5.74, 6) is -1.39. The Bertz CT molecular complexity index is 843. The van der Waals surface area contributed by atoms with Crippen LogP contribution in [-0.4, -0.2) is 40.8 Å². The van der Waals surface area contributed by atoms with Crippen molar-refractivity contribution in [3.8, 4) is 0 Å². The van der Waals surface area contributed by atoms with Gasteiger partial charge in [-0.2, -0.15) is 5.10 Å². The number of aromatic nitrogens is 2. The summed E-state index contributed by atoms with van der Waals surface area (Å²) < 4.78 is 6.73. The Morgan fingerprint density at radius 1 is 1.22 bits per heavy atom. The van der Waals surface area contributed by atoms with Gasteiger partial charge < -0.3 is 10.1 Å². The number of esters is 1. The number of carbonyl (C=O) groups is 3. The molecule has 0 fully saturated rings. The van der Waals surface area contributed by atoms with Crippen LogP contribution < -0.4 is 10.6 Å². The van der Waals surface area contributed by atoms with E-state index in [9.17, 15) is 14.4 Å². The molecule has 1 aromatic heterocycles. The molecule has 0 atom stereocenters. The molecule has 0 aliphatic rings. The second-order valence-corrected chi connectivity index (χ2v) is 5.81.